The minimum absolute atomic E-state index is 0.0957. The van der Waals surface area contributed by atoms with Crippen molar-refractivity contribution in [2.75, 3.05) is 6.54 Å². The first-order valence-electron chi connectivity index (χ1n) is 6.81. The molecule has 21 heavy (non-hydrogen) atoms. The van der Waals surface area contributed by atoms with E-state index in [2.05, 4.69) is 9.71 Å². The van der Waals surface area contributed by atoms with Crippen LogP contribution in [0.2, 0.25) is 0 Å². The Kier molecular flexibility index (Phi) is 4.92. The topological polar surface area (TPSA) is 99.6 Å². The van der Waals surface area contributed by atoms with Crippen LogP contribution >= 0.6 is 0 Å². The maximum absolute atomic E-state index is 12.3. The van der Waals surface area contributed by atoms with Gasteiger partial charge in [-0.05, 0) is 37.8 Å². The largest absolute Gasteiger partial charge is 0.480 e. The van der Waals surface area contributed by atoms with Crippen molar-refractivity contribution in [1.29, 1.82) is 0 Å². The normalized spacial score (nSPS) is 20.3. The van der Waals surface area contributed by atoms with E-state index < -0.39 is 22.2 Å². The lowest BCUT2D eigenvalue weighted by molar-refractivity contribution is -0.142. The molecule has 1 aliphatic heterocycles. The summed E-state index contributed by atoms with van der Waals surface area (Å²) in [5, 5.41) is 9.14. The van der Waals surface area contributed by atoms with E-state index in [-0.39, 0.29) is 13.1 Å². The van der Waals surface area contributed by atoms with Crippen molar-refractivity contribution in [2.24, 2.45) is 0 Å². The van der Waals surface area contributed by atoms with Gasteiger partial charge >= 0.3 is 5.97 Å². The van der Waals surface area contributed by atoms with E-state index in [1.54, 1.807) is 18.3 Å². The van der Waals surface area contributed by atoms with Gasteiger partial charge in [0.1, 0.15) is 6.04 Å². The molecule has 1 fully saturated rings. The van der Waals surface area contributed by atoms with Gasteiger partial charge in [0.15, 0.2) is 0 Å². The molecule has 7 nitrogen and oxygen atoms in total. The molecule has 2 heterocycles. The van der Waals surface area contributed by atoms with Crippen molar-refractivity contribution in [1.82, 2.24) is 14.0 Å². The van der Waals surface area contributed by atoms with Crippen molar-refractivity contribution in [3.05, 3.63) is 29.6 Å². The van der Waals surface area contributed by atoms with Gasteiger partial charge in [-0.25, -0.2) is 0 Å². The summed E-state index contributed by atoms with van der Waals surface area (Å²) in [4.78, 5) is 15.3. The molecular formula is C13H19N3O4S. The third-order valence-electron chi connectivity index (χ3n) is 3.48. The van der Waals surface area contributed by atoms with Gasteiger partial charge in [0.25, 0.3) is 10.2 Å². The number of piperidine rings is 1. The second kappa shape index (κ2) is 6.50. The van der Waals surface area contributed by atoms with Crippen molar-refractivity contribution < 1.29 is 18.3 Å². The second-order valence-corrected chi connectivity index (χ2v) is 6.80. The third kappa shape index (κ3) is 3.99. The molecule has 1 aliphatic rings. The smallest absolute Gasteiger partial charge is 0.322 e. The molecule has 0 spiro atoms. The molecule has 1 aromatic heterocycles. The molecule has 1 aromatic rings. The number of aromatic nitrogens is 1. The molecule has 8 heteroatoms. The predicted molar refractivity (Wildman–Crippen MR) is 76.7 cm³/mol. The fraction of sp³-hybridized carbons (Fsp3) is 0.538. The van der Waals surface area contributed by atoms with Gasteiger partial charge in [-0.15, -0.1) is 0 Å². The lowest BCUT2D eigenvalue weighted by Gasteiger charge is -2.31. The standard InChI is InChI=1S/C13H19N3O4S/c1-10-5-6-11(8-14-10)9-15-21(19,20)16-7-3-2-4-12(16)13(17)18/h5-6,8,12,15H,2-4,7,9H2,1H3,(H,17,18). The summed E-state index contributed by atoms with van der Waals surface area (Å²) in [7, 11) is -3.81. The number of aryl methyl sites for hydroxylation is 1. The zero-order valence-corrected chi connectivity index (χ0v) is 12.6. The van der Waals surface area contributed by atoms with Crippen molar-refractivity contribution in [3.63, 3.8) is 0 Å². The number of carboxylic acids is 1. The molecule has 1 unspecified atom stereocenters. The fourth-order valence-corrected chi connectivity index (χ4v) is 3.71. The molecular weight excluding hydrogens is 294 g/mol. The SMILES string of the molecule is Cc1ccc(CNS(=O)(=O)N2CCCCC2C(=O)O)cn1. The first kappa shape index (κ1) is 15.9. The van der Waals surface area contributed by atoms with Crippen LogP contribution in [0.25, 0.3) is 0 Å². The molecule has 0 aromatic carbocycles. The molecule has 116 valence electrons. The summed E-state index contributed by atoms with van der Waals surface area (Å²) in [6.07, 6.45) is 3.35. The van der Waals surface area contributed by atoms with E-state index in [1.165, 1.54) is 0 Å². The van der Waals surface area contributed by atoms with E-state index >= 15 is 0 Å². The number of hydrogen-bond acceptors (Lipinski definition) is 4. The molecule has 0 saturated carbocycles. The number of nitrogens with one attached hydrogen (secondary N) is 1. The Morgan fingerprint density at radius 2 is 2.24 bits per heavy atom. The lowest BCUT2D eigenvalue weighted by atomic mass is 10.1. The summed E-state index contributed by atoms with van der Waals surface area (Å²) in [6.45, 7) is 2.18. The number of rotatable bonds is 5. The average molecular weight is 313 g/mol. The molecule has 2 N–H and O–H groups in total. The Hall–Kier alpha value is -1.51. The molecule has 0 bridgehead atoms. The van der Waals surface area contributed by atoms with E-state index in [4.69, 9.17) is 5.11 Å². The van der Waals surface area contributed by atoms with Crippen LogP contribution in [-0.2, 0) is 21.5 Å². The Labute approximate surface area is 124 Å². The third-order valence-corrected chi connectivity index (χ3v) is 5.04. The van der Waals surface area contributed by atoms with Crippen molar-refractivity contribution >= 4 is 16.2 Å². The quantitative estimate of drug-likeness (QED) is 0.832. The zero-order chi connectivity index (χ0) is 15.5. The highest BCUT2D eigenvalue weighted by Crippen LogP contribution is 2.20. The molecule has 0 radical (unpaired) electrons. The Morgan fingerprint density at radius 3 is 2.86 bits per heavy atom. The Balaban J connectivity index is 2.06. The number of carbonyl (C=O) groups is 1. The summed E-state index contributed by atoms with van der Waals surface area (Å²) in [6, 6.07) is 2.60. The molecule has 1 saturated heterocycles. The lowest BCUT2D eigenvalue weighted by Crippen LogP contribution is -2.51. The molecule has 0 aliphatic carbocycles. The number of aliphatic carboxylic acids is 1. The van der Waals surface area contributed by atoms with E-state index in [0.717, 1.165) is 22.0 Å². The zero-order valence-electron chi connectivity index (χ0n) is 11.8. The molecule has 2 rings (SSSR count). The van der Waals surface area contributed by atoms with Crippen LogP contribution in [0.5, 0.6) is 0 Å². The van der Waals surface area contributed by atoms with Gasteiger partial charge in [-0.3, -0.25) is 9.78 Å². The average Bonchev–Trinajstić information content (AvgIpc) is 2.47. The van der Waals surface area contributed by atoms with Crippen LogP contribution < -0.4 is 4.72 Å². The van der Waals surface area contributed by atoms with E-state index in [1.807, 2.05) is 6.92 Å². The van der Waals surface area contributed by atoms with Crippen LogP contribution in [0.1, 0.15) is 30.5 Å². The van der Waals surface area contributed by atoms with E-state index in [0.29, 0.717) is 12.8 Å². The van der Waals surface area contributed by atoms with Gasteiger partial charge in [-0.1, -0.05) is 6.07 Å². The van der Waals surface area contributed by atoms with Crippen LogP contribution in [-0.4, -0.2) is 41.4 Å². The molecule has 1 atom stereocenters. The highest BCUT2D eigenvalue weighted by molar-refractivity contribution is 7.87. The summed E-state index contributed by atoms with van der Waals surface area (Å²) < 4.78 is 28.0. The van der Waals surface area contributed by atoms with Gasteiger partial charge in [0.2, 0.25) is 0 Å². The van der Waals surface area contributed by atoms with Crippen molar-refractivity contribution in [2.45, 2.75) is 38.8 Å². The maximum Gasteiger partial charge on any atom is 0.322 e. The van der Waals surface area contributed by atoms with E-state index in [9.17, 15) is 13.2 Å². The highest BCUT2D eigenvalue weighted by atomic mass is 32.2. The van der Waals surface area contributed by atoms with Gasteiger partial charge in [0, 0.05) is 25.0 Å². The molecule has 0 amide bonds. The van der Waals surface area contributed by atoms with Gasteiger partial charge < -0.3 is 5.11 Å². The Morgan fingerprint density at radius 1 is 1.48 bits per heavy atom. The number of nitrogens with zero attached hydrogens (tertiary/aromatic N) is 2. The number of carboxylic acid groups (broad SMARTS) is 1. The summed E-state index contributed by atoms with van der Waals surface area (Å²) >= 11 is 0. The van der Waals surface area contributed by atoms with Crippen LogP contribution in [0.3, 0.4) is 0 Å². The summed E-state index contributed by atoms with van der Waals surface area (Å²) in [5.74, 6) is -1.10. The minimum Gasteiger partial charge on any atom is -0.480 e. The summed E-state index contributed by atoms with van der Waals surface area (Å²) in [5.41, 5.74) is 1.58. The highest BCUT2D eigenvalue weighted by Gasteiger charge is 2.36. The maximum atomic E-state index is 12.3. The van der Waals surface area contributed by atoms with Crippen LogP contribution in [0.4, 0.5) is 0 Å². The van der Waals surface area contributed by atoms with Gasteiger partial charge in [-0.2, -0.15) is 17.4 Å². The first-order valence-corrected chi connectivity index (χ1v) is 8.25. The minimum atomic E-state index is -3.81. The number of pyridine rings is 1. The number of hydrogen-bond donors (Lipinski definition) is 2. The Bertz CT molecular complexity index is 600. The van der Waals surface area contributed by atoms with Crippen LogP contribution in [0, 0.1) is 6.92 Å². The second-order valence-electron chi connectivity index (χ2n) is 5.09. The monoisotopic (exact) mass is 313 g/mol. The van der Waals surface area contributed by atoms with Crippen LogP contribution in [0.15, 0.2) is 18.3 Å². The first-order chi connectivity index (χ1) is 9.90. The van der Waals surface area contributed by atoms with Crippen molar-refractivity contribution in [3.8, 4) is 0 Å². The van der Waals surface area contributed by atoms with Gasteiger partial charge in [0.05, 0.1) is 0 Å². The predicted octanol–water partition coefficient (Wildman–Crippen LogP) is 0.664. The fourth-order valence-electron chi connectivity index (χ4n) is 2.30.